The van der Waals surface area contributed by atoms with Crippen LogP contribution in [0.2, 0.25) is 10.0 Å². The van der Waals surface area contributed by atoms with E-state index in [1.807, 2.05) is 6.07 Å². The van der Waals surface area contributed by atoms with E-state index in [0.29, 0.717) is 35.0 Å². The van der Waals surface area contributed by atoms with Gasteiger partial charge >= 0.3 is 0 Å². The molecule has 0 saturated carbocycles. The van der Waals surface area contributed by atoms with Gasteiger partial charge in [-0.2, -0.15) is 0 Å². The zero-order valence-electron chi connectivity index (χ0n) is 17.7. The Morgan fingerprint density at radius 1 is 1.23 bits per heavy atom. The van der Waals surface area contributed by atoms with Gasteiger partial charge in [0.15, 0.2) is 0 Å². The number of piperidine rings is 1. The van der Waals surface area contributed by atoms with Gasteiger partial charge in [0, 0.05) is 23.9 Å². The van der Waals surface area contributed by atoms with Crippen LogP contribution in [0.4, 0.5) is 0 Å². The topological polar surface area (TPSA) is 41.6 Å². The van der Waals surface area contributed by atoms with Gasteiger partial charge in [-0.1, -0.05) is 42.3 Å². The lowest BCUT2D eigenvalue weighted by Gasteiger charge is -2.55. The molecule has 6 heteroatoms. The van der Waals surface area contributed by atoms with Crippen molar-refractivity contribution in [2.45, 2.75) is 37.6 Å². The molecule has 1 fully saturated rings. The van der Waals surface area contributed by atoms with E-state index >= 15 is 0 Å². The fourth-order valence-corrected chi connectivity index (χ4v) is 5.54. The number of carbonyl (C=O) groups excluding carboxylic acids is 1. The van der Waals surface area contributed by atoms with E-state index in [0.717, 1.165) is 30.7 Å². The lowest BCUT2D eigenvalue weighted by molar-refractivity contribution is -0.121. The molecular weight excluding hydrogens is 419 g/mol. The molecule has 1 heterocycles. The SMILES string of the molecule is COc1ccc2c(c1)[C@]1(C)CCN(C)C(C2)[C@@H]1CNC(=O)Cc1ccc(Cl)c(Cl)c1. The maximum absolute atomic E-state index is 12.7. The largest absolute Gasteiger partial charge is 0.497 e. The van der Waals surface area contributed by atoms with Crippen LogP contribution in [0.5, 0.6) is 5.75 Å². The van der Waals surface area contributed by atoms with Crippen molar-refractivity contribution in [3.63, 3.8) is 0 Å². The number of likely N-dealkylation sites (tertiary alicyclic amines) is 1. The summed E-state index contributed by atoms with van der Waals surface area (Å²) in [6.07, 6.45) is 2.36. The molecule has 0 aromatic heterocycles. The smallest absolute Gasteiger partial charge is 0.224 e. The number of hydrogen-bond acceptors (Lipinski definition) is 3. The highest BCUT2D eigenvalue weighted by Gasteiger charge is 2.49. The van der Waals surface area contributed by atoms with Gasteiger partial charge in [-0.05, 0) is 67.4 Å². The van der Waals surface area contributed by atoms with Crippen molar-refractivity contribution in [3.8, 4) is 5.75 Å². The standard InChI is InChI=1S/C24H28Cl2N2O2/c1-24-8-9-28(2)22(12-16-5-6-17(30-3)13-18(16)24)19(24)14-27-23(29)11-15-4-7-20(25)21(26)10-15/h4-7,10,13,19,22H,8-9,11-12,14H2,1-3H3,(H,27,29)/t19-,22?,24-/m0/s1. The molecule has 1 unspecified atom stereocenters. The molecule has 4 nitrogen and oxygen atoms in total. The van der Waals surface area contributed by atoms with E-state index in [2.05, 4.69) is 42.4 Å². The number of carbonyl (C=O) groups is 1. The summed E-state index contributed by atoms with van der Waals surface area (Å²) in [5, 5.41) is 4.17. The highest BCUT2D eigenvalue weighted by atomic mass is 35.5. The zero-order valence-corrected chi connectivity index (χ0v) is 19.2. The number of nitrogens with zero attached hydrogens (tertiary/aromatic N) is 1. The number of halogens is 2. The van der Waals surface area contributed by atoms with Crippen LogP contribution in [-0.2, 0) is 23.1 Å². The highest BCUT2D eigenvalue weighted by molar-refractivity contribution is 6.42. The molecule has 1 aliphatic heterocycles. The lowest BCUT2D eigenvalue weighted by atomic mass is 9.58. The average molecular weight is 447 g/mol. The third-order valence-corrected chi connectivity index (χ3v) is 7.80. The molecule has 3 atom stereocenters. The molecule has 2 aliphatic rings. The molecule has 160 valence electrons. The highest BCUT2D eigenvalue weighted by Crippen LogP contribution is 2.49. The van der Waals surface area contributed by atoms with Gasteiger partial charge < -0.3 is 15.0 Å². The van der Waals surface area contributed by atoms with Gasteiger partial charge in [0.25, 0.3) is 0 Å². The second-order valence-electron chi connectivity index (χ2n) is 8.78. The number of likely N-dealkylation sites (N-methyl/N-ethyl adjacent to an activating group) is 1. The van der Waals surface area contributed by atoms with E-state index in [-0.39, 0.29) is 11.3 Å². The van der Waals surface area contributed by atoms with Gasteiger partial charge in [0.05, 0.1) is 23.6 Å². The summed E-state index contributed by atoms with van der Waals surface area (Å²) in [6.45, 7) is 4.06. The van der Waals surface area contributed by atoms with Crippen LogP contribution in [0.25, 0.3) is 0 Å². The maximum Gasteiger partial charge on any atom is 0.224 e. The summed E-state index contributed by atoms with van der Waals surface area (Å²) in [7, 11) is 3.91. The van der Waals surface area contributed by atoms with E-state index in [9.17, 15) is 4.79 Å². The number of amides is 1. The summed E-state index contributed by atoms with van der Waals surface area (Å²) in [5.41, 5.74) is 3.64. The second-order valence-corrected chi connectivity index (χ2v) is 9.59. The van der Waals surface area contributed by atoms with Gasteiger partial charge in [-0.3, -0.25) is 4.79 Å². The van der Waals surface area contributed by atoms with Crippen LogP contribution in [0, 0.1) is 5.92 Å². The molecule has 1 saturated heterocycles. The molecule has 30 heavy (non-hydrogen) atoms. The maximum atomic E-state index is 12.7. The van der Waals surface area contributed by atoms with Crippen molar-refractivity contribution in [2.75, 3.05) is 27.2 Å². The number of methoxy groups -OCH3 is 1. The minimum absolute atomic E-state index is 0.00848. The van der Waals surface area contributed by atoms with Crippen molar-refractivity contribution in [2.24, 2.45) is 5.92 Å². The summed E-state index contributed by atoms with van der Waals surface area (Å²) < 4.78 is 5.50. The normalized spacial score (nSPS) is 25.5. The van der Waals surface area contributed by atoms with Gasteiger partial charge in [0.2, 0.25) is 5.91 Å². The van der Waals surface area contributed by atoms with E-state index in [1.54, 1.807) is 19.2 Å². The quantitative estimate of drug-likeness (QED) is 0.734. The van der Waals surface area contributed by atoms with Crippen LogP contribution < -0.4 is 10.1 Å². The Balaban J connectivity index is 1.52. The molecule has 0 spiro atoms. The Labute approximate surface area is 188 Å². The lowest BCUT2D eigenvalue weighted by Crippen LogP contribution is -2.60. The molecule has 4 rings (SSSR count). The van der Waals surface area contributed by atoms with Crippen LogP contribution >= 0.6 is 23.2 Å². The van der Waals surface area contributed by atoms with E-state index < -0.39 is 0 Å². The number of rotatable bonds is 5. The molecule has 1 aliphatic carbocycles. The van der Waals surface area contributed by atoms with Crippen LogP contribution in [0.15, 0.2) is 36.4 Å². The third-order valence-electron chi connectivity index (χ3n) is 7.06. The van der Waals surface area contributed by atoms with Crippen molar-refractivity contribution < 1.29 is 9.53 Å². The first kappa shape index (κ1) is 21.5. The first-order valence-corrected chi connectivity index (χ1v) is 11.2. The average Bonchev–Trinajstić information content (AvgIpc) is 2.73. The number of nitrogens with one attached hydrogen (secondary N) is 1. The molecule has 1 amide bonds. The molecule has 2 aromatic carbocycles. The van der Waals surface area contributed by atoms with Gasteiger partial charge in [-0.15, -0.1) is 0 Å². The minimum Gasteiger partial charge on any atom is -0.497 e. The molecule has 0 radical (unpaired) electrons. The summed E-state index contributed by atoms with van der Waals surface area (Å²) >= 11 is 12.1. The Kier molecular flexibility index (Phi) is 6.02. The number of benzene rings is 2. The van der Waals surface area contributed by atoms with Crippen molar-refractivity contribution in [1.29, 1.82) is 0 Å². The number of fused-ring (bicyclic) bond motifs is 4. The van der Waals surface area contributed by atoms with E-state index in [1.165, 1.54) is 11.1 Å². The van der Waals surface area contributed by atoms with Crippen molar-refractivity contribution in [3.05, 3.63) is 63.1 Å². The summed E-state index contributed by atoms with van der Waals surface area (Å²) in [4.78, 5) is 15.1. The Morgan fingerprint density at radius 3 is 2.77 bits per heavy atom. The van der Waals surface area contributed by atoms with Gasteiger partial charge in [0.1, 0.15) is 5.75 Å². The fourth-order valence-electron chi connectivity index (χ4n) is 5.22. The first-order chi connectivity index (χ1) is 14.3. The minimum atomic E-state index is 0.00848. The second kappa shape index (κ2) is 8.41. The fraction of sp³-hybridized carbons (Fsp3) is 0.458. The first-order valence-electron chi connectivity index (χ1n) is 10.4. The van der Waals surface area contributed by atoms with E-state index in [4.69, 9.17) is 27.9 Å². The molecular formula is C24H28Cl2N2O2. The Hall–Kier alpha value is -1.75. The molecule has 2 bridgehead atoms. The third kappa shape index (κ3) is 3.93. The monoisotopic (exact) mass is 446 g/mol. The van der Waals surface area contributed by atoms with Crippen LogP contribution in [-0.4, -0.2) is 44.1 Å². The number of ether oxygens (including phenoxy) is 1. The molecule has 1 N–H and O–H groups in total. The molecule has 2 aromatic rings. The van der Waals surface area contributed by atoms with Crippen LogP contribution in [0.3, 0.4) is 0 Å². The Morgan fingerprint density at radius 2 is 2.03 bits per heavy atom. The summed E-state index contributed by atoms with van der Waals surface area (Å²) in [5.74, 6) is 1.25. The number of hydrogen-bond donors (Lipinski definition) is 1. The summed E-state index contributed by atoms with van der Waals surface area (Å²) in [6, 6.07) is 12.2. The predicted molar refractivity (Wildman–Crippen MR) is 122 cm³/mol. The predicted octanol–water partition coefficient (Wildman–Crippen LogP) is 4.50. The van der Waals surface area contributed by atoms with Gasteiger partial charge in [-0.25, -0.2) is 0 Å². The Bertz CT molecular complexity index is 964. The zero-order chi connectivity index (χ0) is 21.5. The van der Waals surface area contributed by atoms with Crippen molar-refractivity contribution >= 4 is 29.1 Å². The van der Waals surface area contributed by atoms with Crippen LogP contribution in [0.1, 0.15) is 30.0 Å². The van der Waals surface area contributed by atoms with Crippen molar-refractivity contribution in [1.82, 2.24) is 10.2 Å².